The summed E-state index contributed by atoms with van der Waals surface area (Å²) >= 11 is 1.64. The van der Waals surface area contributed by atoms with E-state index in [1.165, 1.54) is 19.3 Å². The zero-order valence-electron chi connectivity index (χ0n) is 10.4. The first kappa shape index (κ1) is 13.3. The van der Waals surface area contributed by atoms with Gasteiger partial charge in [0.1, 0.15) is 17.2 Å². The van der Waals surface area contributed by atoms with Crippen LogP contribution < -0.4 is 5.32 Å². The van der Waals surface area contributed by atoms with Gasteiger partial charge in [-0.05, 0) is 18.6 Å². The molecule has 0 saturated heterocycles. The Morgan fingerprint density at radius 3 is 2.81 bits per heavy atom. The highest BCUT2D eigenvalue weighted by molar-refractivity contribution is 7.98. The third-order valence-electron chi connectivity index (χ3n) is 2.37. The minimum Gasteiger partial charge on any atom is -0.370 e. The lowest BCUT2D eigenvalue weighted by atomic mass is 10.1. The standard InChI is InChI=1S/C12H21N3S/c1-10(2)6-4-5-7-13-11-8-12(16-3)15-9-14-11/h8-10H,4-7H2,1-3H3,(H,13,14,15). The molecule has 0 aliphatic heterocycles. The fourth-order valence-corrected chi connectivity index (χ4v) is 1.82. The monoisotopic (exact) mass is 239 g/mol. The molecule has 0 unspecified atom stereocenters. The lowest BCUT2D eigenvalue weighted by molar-refractivity contribution is 0.544. The van der Waals surface area contributed by atoms with Crippen molar-refractivity contribution in [3.8, 4) is 0 Å². The summed E-state index contributed by atoms with van der Waals surface area (Å²) < 4.78 is 0. The highest BCUT2D eigenvalue weighted by atomic mass is 32.2. The Morgan fingerprint density at radius 1 is 1.31 bits per heavy atom. The molecule has 0 atom stereocenters. The molecule has 0 aliphatic rings. The molecule has 0 spiro atoms. The van der Waals surface area contributed by atoms with Crippen molar-refractivity contribution in [1.29, 1.82) is 0 Å². The summed E-state index contributed by atoms with van der Waals surface area (Å²) in [6.45, 7) is 5.53. The Balaban J connectivity index is 2.21. The van der Waals surface area contributed by atoms with Gasteiger partial charge in [-0.2, -0.15) is 0 Å². The Labute approximate surface area is 102 Å². The molecular formula is C12H21N3S. The van der Waals surface area contributed by atoms with Gasteiger partial charge in [0, 0.05) is 12.6 Å². The van der Waals surface area contributed by atoms with Crippen molar-refractivity contribution in [2.24, 2.45) is 5.92 Å². The van der Waals surface area contributed by atoms with Crippen LogP contribution in [0.3, 0.4) is 0 Å². The molecule has 0 saturated carbocycles. The minimum atomic E-state index is 0.808. The number of anilines is 1. The molecule has 3 nitrogen and oxygen atoms in total. The maximum atomic E-state index is 4.18. The zero-order chi connectivity index (χ0) is 11.8. The Hall–Kier alpha value is -0.770. The summed E-state index contributed by atoms with van der Waals surface area (Å²) in [4.78, 5) is 8.32. The predicted molar refractivity (Wildman–Crippen MR) is 71.0 cm³/mol. The normalized spacial score (nSPS) is 10.8. The predicted octanol–water partition coefficient (Wildman–Crippen LogP) is 3.44. The number of unbranched alkanes of at least 4 members (excludes halogenated alkanes) is 1. The summed E-state index contributed by atoms with van der Waals surface area (Å²) in [6, 6.07) is 1.99. The van der Waals surface area contributed by atoms with Gasteiger partial charge in [0.2, 0.25) is 0 Å². The van der Waals surface area contributed by atoms with Gasteiger partial charge in [0.25, 0.3) is 0 Å². The van der Waals surface area contributed by atoms with Gasteiger partial charge in [-0.3, -0.25) is 0 Å². The molecule has 0 aliphatic carbocycles. The van der Waals surface area contributed by atoms with Crippen molar-refractivity contribution in [2.45, 2.75) is 38.1 Å². The molecular weight excluding hydrogens is 218 g/mol. The average Bonchev–Trinajstić information content (AvgIpc) is 2.28. The van der Waals surface area contributed by atoms with E-state index in [1.807, 2.05) is 12.3 Å². The van der Waals surface area contributed by atoms with Crippen molar-refractivity contribution < 1.29 is 0 Å². The number of nitrogens with zero attached hydrogens (tertiary/aromatic N) is 2. The number of thioether (sulfide) groups is 1. The molecule has 1 aromatic rings. The van der Waals surface area contributed by atoms with E-state index < -0.39 is 0 Å². The van der Waals surface area contributed by atoms with Gasteiger partial charge in [-0.1, -0.05) is 26.7 Å². The van der Waals surface area contributed by atoms with Gasteiger partial charge in [0.05, 0.1) is 0 Å². The lowest BCUT2D eigenvalue weighted by Gasteiger charge is -2.07. The smallest absolute Gasteiger partial charge is 0.130 e. The van der Waals surface area contributed by atoms with Crippen molar-refractivity contribution in [3.63, 3.8) is 0 Å². The van der Waals surface area contributed by atoms with Crippen LogP contribution in [0.1, 0.15) is 33.1 Å². The molecule has 4 heteroatoms. The highest BCUT2D eigenvalue weighted by Crippen LogP contribution is 2.13. The van der Waals surface area contributed by atoms with Crippen LogP contribution >= 0.6 is 11.8 Å². The van der Waals surface area contributed by atoms with Crippen LogP contribution in [0.25, 0.3) is 0 Å². The Kier molecular flexibility index (Phi) is 6.23. The van der Waals surface area contributed by atoms with Crippen molar-refractivity contribution in [3.05, 3.63) is 12.4 Å². The molecule has 1 rings (SSSR count). The van der Waals surface area contributed by atoms with Crippen molar-refractivity contribution >= 4 is 17.6 Å². The fourth-order valence-electron chi connectivity index (χ4n) is 1.44. The lowest BCUT2D eigenvalue weighted by Crippen LogP contribution is -2.04. The molecule has 0 fully saturated rings. The van der Waals surface area contributed by atoms with E-state index in [0.717, 1.165) is 23.3 Å². The minimum absolute atomic E-state index is 0.808. The quantitative estimate of drug-likeness (QED) is 0.449. The zero-order valence-corrected chi connectivity index (χ0v) is 11.2. The number of nitrogens with one attached hydrogen (secondary N) is 1. The summed E-state index contributed by atoms with van der Waals surface area (Å²) in [6.07, 6.45) is 7.43. The molecule has 0 aromatic carbocycles. The maximum absolute atomic E-state index is 4.18. The van der Waals surface area contributed by atoms with Crippen LogP contribution in [0.15, 0.2) is 17.4 Å². The largest absolute Gasteiger partial charge is 0.370 e. The van der Waals surface area contributed by atoms with Crippen LogP contribution in [0.5, 0.6) is 0 Å². The summed E-state index contributed by atoms with van der Waals surface area (Å²) in [5.41, 5.74) is 0. The second kappa shape index (κ2) is 7.49. The van der Waals surface area contributed by atoms with Gasteiger partial charge in [-0.15, -0.1) is 11.8 Å². The molecule has 1 N–H and O–H groups in total. The van der Waals surface area contributed by atoms with E-state index >= 15 is 0 Å². The fraction of sp³-hybridized carbons (Fsp3) is 0.667. The highest BCUT2D eigenvalue weighted by Gasteiger charge is 1.97. The van der Waals surface area contributed by atoms with E-state index in [4.69, 9.17) is 0 Å². The first-order valence-corrected chi connectivity index (χ1v) is 7.04. The number of hydrogen-bond donors (Lipinski definition) is 1. The first-order chi connectivity index (χ1) is 7.72. The number of rotatable bonds is 7. The van der Waals surface area contributed by atoms with E-state index in [9.17, 15) is 0 Å². The molecule has 0 radical (unpaired) electrons. The summed E-state index contributed by atoms with van der Waals surface area (Å²) in [5.74, 6) is 1.74. The van der Waals surface area contributed by atoms with Crippen molar-refractivity contribution in [1.82, 2.24) is 9.97 Å². The van der Waals surface area contributed by atoms with Gasteiger partial charge in [-0.25, -0.2) is 9.97 Å². The second-order valence-corrected chi connectivity index (χ2v) is 5.09. The van der Waals surface area contributed by atoms with Gasteiger partial charge < -0.3 is 5.32 Å². The van der Waals surface area contributed by atoms with E-state index in [1.54, 1.807) is 18.1 Å². The van der Waals surface area contributed by atoms with E-state index in [-0.39, 0.29) is 0 Å². The molecule has 1 heterocycles. The molecule has 90 valence electrons. The maximum Gasteiger partial charge on any atom is 0.130 e. The Morgan fingerprint density at radius 2 is 2.12 bits per heavy atom. The van der Waals surface area contributed by atoms with E-state index in [2.05, 4.69) is 29.1 Å². The first-order valence-electron chi connectivity index (χ1n) is 5.82. The van der Waals surface area contributed by atoms with E-state index in [0.29, 0.717) is 0 Å². The van der Waals surface area contributed by atoms with Crippen LogP contribution in [-0.2, 0) is 0 Å². The topological polar surface area (TPSA) is 37.8 Å². The Bertz CT molecular complexity index is 302. The van der Waals surface area contributed by atoms with Crippen LogP contribution in [-0.4, -0.2) is 22.8 Å². The van der Waals surface area contributed by atoms with Crippen LogP contribution in [0.2, 0.25) is 0 Å². The molecule has 0 amide bonds. The van der Waals surface area contributed by atoms with Crippen LogP contribution in [0, 0.1) is 5.92 Å². The second-order valence-electron chi connectivity index (χ2n) is 4.26. The van der Waals surface area contributed by atoms with Gasteiger partial charge >= 0.3 is 0 Å². The summed E-state index contributed by atoms with van der Waals surface area (Å²) in [5, 5.41) is 4.34. The molecule has 1 aromatic heterocycles. The average molecular weight is 239 g/mol. The third-order valence-corrected chi connectivity index (χ3v) is 3.01. The number of aromatic nitrogens is 2. The van der Waals surface area contributed by atoms with Gasteiger partial charge in [0.15, 0.2) is 0 Å². The molecule has 0 bridgehead atoms. The molecule has 16 heavy (non-hydrogen) atoms. The van der Waals surface area contributed by atoms with Crippen LogP contribution in [0.4, 0.5) is 5.82 Å². The van der Waals surface area contributed by atoms with Crippen molar-refractivity contribution in [2.75, 3.05) is 18.1 Å². The number of hydrogen-bond acceptors (Lipinski definition) is 4. The third kappa shape index (κ3) is 5.35. The SMILES string of the molecule is CSc1cc(NCCCCC(C)C)ncn1. The summed E-state index contributed by atoms with van der Waals surface area (Å²) in [7, 11) is 0.